The van der Waals surface area contributed by atoms with Gasteiger partial charge >= 0.3 is 0 Å². The van der Waals surface area contributed by atoms with Gasteiger partial charge in [-0.05, 0) is 42.0 Å². The molecule has 9 heteroatoms. The van der Waals surface area contributed by atoms with Crippen LogP contribution in [0.5, 0.6) is 11.5 Å². The number of carbonyl (C=O) groups is 1. The minimum atomic E-state index is -3.80. The van der Waals surface area contributed by atoms with Crippen LogP contribution in [0.15, 0.2) is 57.6 Å². The largest absolute Gasteiger partial charge is 0.454 e. The molecule has 2 aliphatic heterocycles. The van der Waals surface area contributed by atoms with Crippen LogP contribution in [0.1, 0.15) is 22.8 Å². The quantitative estimate of drug-likeness (QED) is 0.642. The number of hydrogen-bond donors (Lipinski definition) is 1. The van der Waals surface area contributed by atoms with E-state index in [4.69, 9.17) is 21.1 Å². The Bertz CT molecular complexity index is 1230. The summed E-state index contributed by atoms with van der Waals surface area (Å²) in [6, 6.07) is 11.5. The average molecular weight is 448 g/mol. The summed E-state index contributed by atoms with van der Waals surface area (Å²) in [5.41, 5.74) is 1.23. The van der Waals surface area contributed by atoms with Crippen molar-refractivity contribution in [3.05, 3.63) is 63.3 Å². The molecule has 3 heterocycles. The number of ether oxygens (including phenoxy) is 2. The molecule has 2 aliphatic rings. The number of hydrogen-bond acceptors (Lipinski definition) is 6. The maximum atomic E-state index is 13.2. The highest BCUT2D eigenvalue weighted by atomic mass is 35.5. The number of carbonyl (C=O) groups excluding carboxylic acids is 1. The Morgan fingerprint density at radius 3 is 2.62 bits per heavy atom. The van der Waals surface area contributed by atoms with Gasteiger partial charge in [0, 0.05) is 27.6 Å². The van der Waals surface area contributed by atoms with Crippen LogP contribution >= 0.6 is 22.9 Å². The molecule has 1 amide bonds. The lowest BCUT2D eigenvalue weighted by Gasteiger charge is -2.24. The second-order valence-electron chi connectivity index (χ2n) is 6.71. The van der Waals surface area contributed by atoms with Gasteiger partial charge in [-0.3, -0.25) is 4.79 Å². The van der Waals surface area contributed by atoms with Gasteiger partial charge in [0.05, 0.1) is 10.6 Å². The summed E-state index contributed by atoms with van der Waals surface area (Å²) in [5, 5.41) is 4.79. The lowest BCUT2D eigenvalue weighted by atomic mass is 9.90. The zero-order chi connectivity index (χ0) is 20.2. The number of anilines is 1. The molecule has 1 unspecified atom stereocenters. The molecule has 0 saturated carbocycles. The number of benzene rings is 2. The van der Waals surface area contributed by atoms with E-state index in [0.717, 1.165) is 10.4 Å². The van der Waals surface area contributed by atoms with Gasteiger partial charge in [-0.25, -0.2) is 8.42 Å². The van der Waals surface area contributed by atoms with Crippen molar-refractivity contribution in [2.45, 2.75) is 22.1 Å². The molecule has 2 aromatic carbocycles. The molecule has 3 aromatic rings. The number of halogens is 1. The van der Waals surface area contributed by atoms with Crippen molar-refractivity contribution in [3.63, 3.8) is 0 Å². The third-order valence-corrected chi connectivity index (χ3v) is 8.26. The van der Waals surface area contributed by atoms with E-state index < -0.39 is 9.84 Å². The molecular formula is C20H14ClNO5S2. The van der Waals surface area contributed by atoms with Crippen molar-refractivity contribution in [1.82, 2.24) is 0 Å². The molecule has 1 N–H and O–H groups in total. The van der Waals surface area contributed by atoms with Gasteiger partial charge in [0.25, 0.3) is 0 Å². The maximum absolute atomic E-state index is 13.2. The van der Waals surface area contributed by atoms with Crippen molar-refractivity contribution in [1.29, 1.82) is 0 Å². The Balaban J connectivity index is 1.59. The minimum Gasteiger partial charge on any atom is -0.454 e. The lowest BCUT2D eigenvalue weighted by molar-refractivity contribution is -0.116. The fourth-order valence-electron chi connectivity index (χ4n) is 3.54. The van der Waals surface area contributed by atoms with Gasteiger partial charge < -0.3 is 14.8 Å². The second-order valence-corrected chi connectivity index (χ2v) is 9.98. The van der Waals surface area contributed by atoms with Crippen molar-refractivity contribution in [2.75, 3.05) is 12.1 Å². The van der Waals surface area contributed by atoms with Crippen molar-refractivity contribution >= 4 is 44.4 Å². The summed E-state index contributed by atoms with van der Waals surface area (Å²) < 4.78 is 37.1. The molecule has 1 aromatic heterocycles. The van der Waals surface area contributed by atoms with E-state index in [-0.39, 0.29) is 34.8 Å². The zero-order valence-corrected chi connectivity index (χ0v) is 17.2. The Morgan fingerprint density at radius 2 is 1.83 bits per heavy atom. The van der Waals surface area contributed by atoms with Gasteiger partial charge in [0.15, 0.2) is 11.5 Å². The van der Waals surface area contributed by atoms with E-state index >= 15 is 0 Å². The summed E-state index contributed by atoms with van der Waals surface area (Å²) >= 11 is 7.20. The minimum absolute atomic E-state index is 0.0959. The first kappa shape index (κ1) is 18.5. The second kappa shape index (κ2) is 6.76. The topological polar surface area (TPSA) is 81.7 Å². The Morgan fingerprint density at radius 1 is 1.07 bits per heavy atom. The summed E-state index contributed by atoms with van der Waals surface area (Å²) in [7, 11) is -3.80. The lowest BCUT2D eigenvalue weighted by Crippen LogP contribution is -2.23. The highest BCUT2D eigenvalue weighted by molar-refractivity contribution is 7.91. The third-order valence-electron chi connectivity index (χ3n) is 4.97. The molecule has 0 bridgehead atoms. The van der Waals surface area contributed by atoms with Gasteiger partial charge in [-0.2, -0.15) is 0 Å². The van der Waals surface area contributed by atoms with E-state index in [2.05, 4.69) is 5.32 Å². The van der Waals surface area contributed by atoms with Crippen molar-refractivity contribution in [2.24, 2.45) is 0 Å². The molecule has 0 saturated heterocycles. The molecule has 0 fully saturated rings. The molecule has 0 radical (unpaired) electrons. The first-order valence-corrected chi connectivity index (χ1v) is 11.5. The summed E-state index contributed by atoms with van der Waals surface area (Å²) in [4.78, 5) is 13.5. The van der Waals surface area contributed by atoms with Crippen LogP contribution in [-0.2, 0) is 14.6 Å². The number of sulfone groups is 1. The highest BCUT2D eigenvalue weighted by Crippen LogP contribution is 2.47. The standard InChI is InChI=1S/C20H14ClNO5S2/c21-12-2-4-13(5-3-12)29(24,25)17-9-28-20-14(8-18(23)22-19(17)20)11-1-6-15-16(7-11)27-10-26-15/h1-7,9,14H,8,10H2,(H,22,23). The Labute approximate surface area is 176 Å². The van der Waals surface area contributed by atoms with Crippen LogP contribution in [0.4, 0.5) is 5.69 Å². The summed E-state index contributed by atoms with van der Waals surface area (Å²) in [6.07, 6.45) is 0.230. The maximum Gasteiger partial charge on any atom is 0.231 e. The van der Waals surface area contributed by atoms with E-state index in [1.54, 1.807) is 5.38 Å². The Hall–Kier alpha value is -2.55. The van der Waals surface area contributed by atoms with Gasteiger partial charge in [-0.1, -0.05) is 17.7 Å². The molecule has 6 nitrogen and oxygen atoms in total. The third kappa shape index (κ3) is 3.08. The van der Waals surface area contributed by atoms with Crippen LogP contribution in [-0.4, -0.2) is 21.1 Å². The zero-order valence-electron chi connectivity index (χ0n) is 14.8. The number of nitrogens with one attached hydrogen (secondary N) is 1. The SMILES string of the molecule is O=C1CC(c2ccc3c(c2)OCO3)c2scc(S(=O)(=O)c3ccc(Cl)cc3)c2N1. The van der Waals surface area contributed by atoms with Crippen LogP contribution in [0.3, 0.4) is 0 Å². The van der Waals surface area contributed by atoms with E-state index in [1.807, 2.05) is 18.2 Å². The van der Waals surface area contributed by atoms with Crippen LogP contribution < -0.4 is 14.8 Å². The molecule has 148 valence electrons. The van der Waals surface area contributed by atoms with Crippen molar-refractivity contribution in [3.8, 4) is 11.5 Å². The summed E-state index contributed by atoms with van der Waals surface area (Å²) in [6.45, 7) is 0.164. The van der Waals surface area contributed by atoms with Gasteiger partial charge in [0.2, 0.25) is 22.5 Å². The van der Waals surface area contributed by atoms with Crippen LogP contribution in [0, 0.1) is 0 Å². The smallest absolute Gasteiger partial charge is 0.231 e. The van der Waals surface area contributed by atoms with Crippen LogP contribution in [0.25, 0.3) is 0 Å². The van der Waals surface area contributed by atoms with E-state index in [0.29, 0.717) is 22.2 Å². The predicted molar refractivity (Wildman–Crippen MR) is 109 cm³/mol. The van der Waals surface area contributed by atoms with Gasteiger partial charge in [0.1, 0.15) is 4.90 Å². The summed E-state index contributed by atoms with van der Waals surface area (Å²) in [5.74, 6) is 0.797. The number of fused-ring (bicyclic) bond motifs is 2. The average Bonchev–Trinajstić information content (AvgIpc) is 3.34. The normalized spacial score (nSPS) is 17.7. The molecule has 0 spiro atoms. The molecule has 29 heavy (non-hydrogen) atoms. The highest BCUT2D eigenvalue weighted by Gasteiger charge is 2.35. The number of amides is 1. The fourth-order valence-corrected chi connectivity index (χ4v) is 6.58. The van der Waals surface area contributed by atoms with E-state index in [1.165, 1.54) is 35.6 Å². The molecule has 0 aliphatic carbocycles. The molecule has 5 rings (SSSR count). The van der Waals surface area contributed by atoms with E-state index in [9.17, 15) is 13.2 Å². The first-order valence-electron chi connectivity index (χ1n) is 8.75. The number of thiophene rings is 1. The molecule has 1 atom stereocenters. The fraction of sp³-hybridized carbons (Fsp3) is 0.150. The monoisotopic (exact) mass is 447 g/mol. The van der Waals surface area contributed by atoms with Crippen molar-refractivity contribution < 1.29 is 22.7 Å². The first-order chi connectivity index (χ1) is 13.9. The van der Waals surface area contributed by atoms with Gasteiger partial charge in [-0.15, -0.1) is 11.3 Å². The molecular weight excluding hydrogens is 434 g/mol. The Kier molecular flexibility index (Phi) is 4.31. The van der Waals surface area contributed by atoms with Crippen LogP contribution in [0.2, 0.25) is 5.02 Å². The number of rotatable bonds is 3. The predicted octanol–water partition coefficient (Wildman–Crippen LogP) is 4.44.